The molecule has 2 rings (SSSR count). The second-order valence-corrected chi connectivity index (χ2v) is 6.36. The van der Waals surface area contributed by atoms with Crippen LogP contribution in [0.15, 0.2) is 48.5 Å². The zero-order valence-corrected chi connectivity index (χ0v) is 16.8. The lowest BCUT2D eigenvalue weighted by Crippen LogP contribution is -2.32. The minimum absolute atomic E-state index is 0.156. The number of hydrogen-bond acceptors (Lipinski definition) is 6. The third kappa shape index (κ3) is 6.78. The summed E-state index contributed by atoms with van der Waals surface area (Å²) in [5.74, 6) is -0.00280. The van der Waals surface area contributed by atoms with Gasteiger partial charge in [0.1, 0.15) is 12.3 Å². The number of nitrogens with zero attached hydrogens (tertiary/aromatic N) is 1. The molecule has 0 fully saturated rings. The summed E-state index contributed by atoms with van der Waals surface area (Å²) in [6, 6.07) is 14.1. The lowest BCUT2D eigenvalue weighted by Gasteiger charge is -2.24. The van der Waals surface area contributed by atoms with E-state index in [1.165, 1.54) is 7.11 Å². The number of carbonyl (C=O) groups is 2. The number of hydrogen-bond donors (Lipinski definition) is 0. The van der Waals surface area contributed by atoms with Crippen molar-refractivity contribution >= 4 is 29.2 Å². The van der Waals surface area contributed by atoms with Crippen LogP contribution in [0, 0.1) is 0 Å². The standard InChI is InChI=1S/C21H24ClNO5/c1-3-27-20(24)15-23(18-9-7-17(22)8-10-18)13-4-14-28-19-11-5-16(6-12-19)21(25)26-2/h5-12H,3-4,13-15H2,1-2H3. The van der Waals surface area contributed by atoms with Gasteiger partial charge in [-0.3, -0.25) is 4.79 Å². The molecule has 0 spiro atoms. The van der Waals surface area contributed by atoms with Gasteiger partial charge >= 0.3 is 11.9 Å². The Morgan fingerprint density at radius 2 is 1.71 bits per heavy atom. The molecule has 0 bridgehead atoms. The quantitative estimate of drug-likeness (QED) is 0.440. The maximum Gasteiger partial charge on any atom is 0.337 e. The first-order chi connectivity index (χ1) is 13.5. The van der Waals surface area contributed by atoms with Crippen LogP contribution in [0.2, 0.25) is 5.02 Å². The van der Waals surface area contributed by atoms with Crippen molar-refractivity contribution in [2.24, 2.45) is 0 Å². The van der Waals surface area contributed by atoms with Crippen LogP contribution >= 0.6 is 11.6 Å². The Bertz CT molecular complexity index is 761. The minimum atomic E-state index is -0.385. The van der Waals surface area contributed by atoms with Gasteiger partial charge in [-0.05, 0) is 61.9 Å². The Morgan fingerprint density at radius 3 is 2.32 bits per heavy atom. The van der Waals surface area contributed by atoms with Crippen LogP contribution < -0.4 is 9.64 Å². The number of anilines is 1. The van der Waals surface area contributed by atoms with Crippen molar-refractivity contribution in [2.45, 2.75) is 13.3 Å². The van der Waals surface area contributed by atoms with Crippen LogP contribution in [0.1, 0.15) is 23.7 Å². The summed E-state index contributed by atoms with van der Waals surface area (Å²) < 4.78 is 15.4. The third-order valence-electron chi connectivity index (χ3n) is 3.93. The van der Waals surface area contributed by atoms with Gasteiger partial charge in [0.15, 0.2) is 0 Å². The molecule has 0 amide bonds. The lowest BCUT2D eigenvalue weighted by atomic mass is 10.2. The van der Waals surface area contributed by atoms with E-state index in [-0.39, 0.29) is 18.5 Å². The second kappa shape index (κ2) is 11.2. The molecule has 0 aliphatic heterocycles. The maximum atomic E-state index is 11.9. The molecule has 0 N–H and O–H groups in total. The van der Waals surface area contributed by atoms with E-state index in [9.17, 15) is 9.59 Å². The lowest BCUT2D eigenvalue weighted by molar-refractivity contribution is -0.141. The van der Waals surface area contributed by atoms with Crippen molar-refractivity contribution in [2.75, 3.05) is 38.3 Å². The molecule has 0 aromatic heterocycles. The highest BCUT2D eigenvalue weighted by atomic mass is 35.5. The molecule has 150 valence electrons. The van der Waals surface area contributed by atoms with E-state index in [1.54, 1.807) is 43.3 Å². The van der Waals surface area contributed by atoms with Crippen LogP contribution in [0.3, 0.4) is 0 Å². The first kappa shape index (κ1) is 21.6. The van der Waals surface area contributed by atoms with Gasteiger partial charge in [-0.15, -0.1) is 0 Å². The van der Waals surface area contributed by atoms with Crippen molar-refractivity contribution in [1.29, 1.82) is 0 Å². The fourth-order valence-corrected chi connectivity index (χ4v) is 2.69. The zero-order valence-electron chi connectivity index (χ0n) is 16.0. The number of carbonyl (C=O) groups excluding carboxylic acids is 2. The second-order valence-electron chi connectivity index (χ2n) is 5.92. The van der Waals surface area contributed by atoms with Crippen LogP contribution in [0.4, 0.5) is 5.69 Å². The summed E-state index contributed by atoms with van der Waals surface area (Å²) in [5, 5.41) is 0.638. The predicted molar refractivity (Wildman–Crippen MR) is 108 cm³/mol. The number of rotatable bonds is 10. The highest BCUT2D eigenvalue weighted by Gasteiger charge is 2.12. The number of benzene rings is 2. The van der Waals surface area contributed by atoms with Gasteiger partial charge in [0.2, 0.25) is 0 Å². The molecule has 7 heteroatoms. The van der Waals surface area contributed by atoms with Gasteiger partial charge in [-0.1, -0.05) is 11.6 Å². The van der Waals surface area contributed by atoms with E-state index in [2.05, 4.69) is 4.74 Å². The average molecular weight is 406 g/mol. The molecule has 0 radical (unpaired) electrons. The molecule has 0 atom stereocenters. The van der Waals surface area contributed by atoms with Crippen LogP contribution in [-0.4, -0.2) is 45.4 Å². The summed E-state index contributed by atoms with van der Waals surface area (Å²) in [6.07, 6.45) is 0.695. The molecule has 0 heterocycles. The van der Waals surface area contributed by atoms with E-state index in [0.29, 0.717) is 42.5 Å². The normalized spacial score (nSPS) is 10.2. The summed E-state index contributed by atoms with van der Waals surface area (Å²) in [4.78, 5) is 25.3. The van der Waals surface area contributed by atoms with E-state index >= 15 is 0 Å². The first-order valence-corrected chi connectivity index (χ1v) is 9.38. The maximum absolute atomic E-state index is 11.9. The first-order valence-electron chi connectivity index (χ1n) is 9.00. The van der Waals surface area contributed by atoms with Crippen molar-refractivity contribution in [3.05, 3.63) is 59.1 Å². The fourth-order valence-electron chi connectivity index (χ4n) is 2.56. The Hall–Kier alpha value is -2.73. The highest BCUT2D eigenvalue weighted by Crippen LogP contribution is 2.19. The van der Waals surface area contributed by atoms with E-state index in [1.807, 2.05) is 17.0 Å². The monoisotopic (exact) mass is 405 g/mol. The summed E-state index contributed by atoms with van der Waals surface area (Å²) in [7, 11) is 1.34. The largest absolute Gasteiger partial charge is 0.494 e. The Morgan fingerprint density at radius 1 is 1.04 bits per heavy atom. The van der Waals surface area contributed by atoms with Crippen molar-refractivity contribution in [1.82, 2.24) is 0 Å². The van der Waals surface area contributed by atoms with E-state index in [4.69, 9.17) is 21.1 Å². The summed E-state index contributed by atoms with van der Waals surface area (Å²) >= 11 is 5.95. The highest BCUT2D eigenvalue weighted by molar-refractivity contribution is 6.30. The minimum Gasteiger partial charge on any atom is -0.494 e. The fraction of sp³-hybridized carbons (Fsp3) is 0.333. The molecule has 0 aliphatic carbocycles. The molecule has 2 aromatic rings. The predicted octanol–water partition coefficient (Wildman–Crippen LogP) is 3.97. The number of methoxy groups -OCH3 is 1. The molecular weight excluding hydrogens is 382 g/mol. The summed E-state index contributed by atoms with van der Waals surface area (Å²) in [5.41, 5.74) is 1.36. The molecule has 28 heavy (non-hydrogen) atoms. The molecule has 0 aliphatic rings. The van der Waals surface area contributed by atoms with Crippen LogP contribution in [0.25, 0.3) is 0 Å². The van der Waals surface area contributed by atoms with Gasteiger partial charge in [0.05, 0.1) is 25.9 Å². The summed E-state index contributed by atoms with van der Waals surface area (Å²) in [6.45, 7) is 3.36. The van der Waals surface area contributed by atoms with E-state index < -0.39 is 0 Å². The van der Waals surface area contributed by atoms with Crippen molar-refractivity contribution < 1.29 is 23.8 Å². The Labute approximate surface area is 169 Å². The van der Waals surface area contributed by atoms with Crippen LogP contribution in [-0.2, 0) is 14.3 Å². The smallest absolute Gasteiger partial charge is 0.337 e. The molecule has 2 aromatic carbocycles. The van der Waals surface area contributed by atoms with Gasteiger partial charge < -0.3 is 19.1 Å². The number of ether oxygens (including phenoxy) is 3. The van der Waals surface area contributed by atoms with Crippen molar-refractivity contribution in [3.63, 3.8) is 0 Å². The number of halogens is 1. The zero-order chi connectivity index (χ0) is 20.4. The van der Waals surface area contributed by atoms with Crippen LogP contribution in [0.5, 0.6) is 5.75 Å². The van der Waals surface area contributed by atoms with E-state index in [0.717, 1.165) is 5.69 Å². The Balaban J connectivity index is 1.89. The van der Waals surface area contributed by atoms with Gasteiger partial charge in [0, 0.05) is 17.3 Å². The molecular formula is C21H24ClNO5. The molecule has 0 unspecified atom stereocenters. The molecule has 0 saturated heterocycles. The topological polar surface area (TPSA) is 65.1 Å². The Kier molecular flexibility index (Phi) is 8.62. The van der Waals surface area contributed by atoms with Gasteiger partial charge in [-0.2, -0.15) is 0 Å². The van der Waals surface area contributed by atoms with Crippen molar-refractivity contribution in [3.8, 4) is 5.75 Å². The average Bonchev–Trinajstić information content (AvgIpc) is 2.71. The van der Waals surface area contributed by atoms with Gasteiger partial charge in [-0.25, -0.2) is 4.79 Å². The van der Waals surface area contributed by atoms with Gasteiger partial charge in [0.25, 0.3) is 0 Å². The number of esters is 2. The SMILES string of the molecule is CCOC(=O)CN(CCCOc1ccc(C(=O)OC)cc1)c1ccc(Cl)cc1. The molecule has 0 saturated carbocycles. The molecule has 6 nitrogen and oxygen atoms in total. The third-order valence-corrected chi connectivity index (χ3v) is 4.19.